The summed E-state index contributed by atoms with van der Waals surface area (Å²) in [5.41, 5.74) is -0.0980. The van der Waals surface area contributed by atoms with Crippen LogP contribution in [0.4, 0.5) is 13.2 Å². The van der Waals surface area contributed by atoms with Crippen LogP contribution in [0, 0.1) is 4.77 Å². The van der Waals surface area contributed by atoms with Crippen LogP contribution < -0.4 is 10.9 Å². The molecule has 0 aliphatic heterocycles. The lowest BCUT2D eigenvalue weighted by molar-refractivity contribution is -0.123. The number of carbonyl (C=O) groups is 1. The average Bonchev–Trinajstić information content (AvgIpc) is 2.47. The van der Waals surface area contributed by atoms with Crippen molar-refractivity contribution < 1.29 is 18.0 Å². The molecule has 122 valence electrons. The first kappa shape index (κ1) is 16.9. The molecule has 0 spiro atoms. The number of alkyl halides is 3. The van der Waals surface area contributed by atoms with Crippen molar-refractivity contribution in [2.45, 2.75) is 12.7 Å². The van der Waals surface area contributed by atoms with Crippen LogP contribution in [-0.4, -0.2) is 28.2 Å². The number of nitrogens with zero attached hydrogens (tertiary/aromatic N) is 1. The van der Waals surface area contributed by atoms with Gasteiger partial charge in [-0.2, -0.15) is 13.2 Å². The smallest absolute Gasteiger partial charge is 0.343 e. The van der Waals surface area contributed by atoms with Crippen molar-refractivity contribution >= 4 is 29.0 Å². The first-order valence-corrected chi connectivity index (χ1v) is 6.86. The van der Waals surface area contributed by atoms with E-state index < -0.39 is 18.6 Å². The van der Waals surface area contributed by atoms with Gasteiger partial charge in [-0.15, -0.1) is 6.58 Å². The van der Waals surface area contributed by atoms with Gasteiger partial charge in [-0.3, -0.25) is 14.2 Å². The van der Waals surface area contributed by atoms with Crippen LogP contribution >= 0.6 is 12.2 Å². The first-order chi connectivity index (χ1) is 10.7. The van der Waals surface area contributed by atoms with E-state index in [1.807, 2.05) is 0 Å². The molecule has 2 rings (SSSR count). The second-order valence-corrected chi connectivity index (χ2v) is 5.08. The summed E-state index contributed by atoms with van der Waals surface area (Å²) in [6.07, 6.45) is -2.99. The number of nitrogens with one attached hydrogen (secondary N) is 2. The third kappa shape index (κ3) is 3.86. The number of hydrogen-bond donors (Lipinski definition) is 2. The monoisotopic (exact) mass is 343 g/mol. The minimum absolute atomic E-state index is 0.00623. The number of aromatic amines is 1. The summed E-state index contributed by atoms with van der Waals surface area (Å²) < 4.78 is 37.8. The Labute approximate surface area is 133 Å². The predicted molar refractivity (Wildman–Crippen MR) is 82.0 cm³/mol. The Morgan fingerprint density at radius 3 is 2.74 bits per heavy atom. The lowest BCUT2D eigenvalue weighted by Gasteiger charge is -2.09. The van der Waals surface area contributed by atoms with Crippen LogP contribution in [0.25, 0.3) is 10.9 Å². The molecule has 9 heteroatoms. The van der Waals surface area contributed by atoms with Crippen LogP contribution in [0.15, 0.2) is 35.6 Å². The van der Waals surface area contributed by atoms with E-state index in [1.165, 1.54) is 28.8 Å². The molecule has 0 saturated heterocycles. The molecule has 5 nitrogen and oxygen atoms in total. The fourth-order valence-electron chi connectivity index (χ4n) is 1.97. The van der Waals surface area contributed by atoms with Crippen molar-refractivity contribution in [1.29, 1.82) is 0 Å². The minimum Gasteiger partial charge on any atom is -0.343 e. The normalized spacial score (nSPS) is 11.4. The van der Waals surface area contributed by atoms with E-state index >= 15 is 0 Å². The predicted octanol–water partition coefficient (Wildman–Crippen LogP) is 2.54. The molecule has 1 aromatic heterocycles. The summed E-state index contributed by atoms with van der Waals surface area (Å²) in [4.78, 5) is 26.8. The maximum absolute atomic E-state index is 12.3. The molecule has 1 heterocycles. The summed E-state index contributed by atoms with van der Waals surface area (Å²) in [5.74, 6) is -0.890. The van der Waals surface area contributed by atoms with E-state index in [9.17, 15) is 22.8 Å². The van der Waals surface area contributed by atoms with E-state index in [4.69, 9.17) is 12.2 Å². The van der Waals surface area contributed by atoms with Crippen LogP contribution in [-0.2, 0) is 6.54 Å². The SMILES string of the molecule is C=CCn1c(=S)[nH]c2cc(C(=O)NCC(F)(F)F)ccc2c1=O. The van der Waals surface area contributed by atoms with Gasteiger partial charge in [-0.05, 0) is 30.4 Å². The number of rotatable bonds is 4. The average molecular weight is 343 g/mol. The second kappa shape index (κ2) is 6.37. The maximum atomic E-state index is 12.3. The van der Waals surface area contributed by atoms with E-state index in [1.54, 1.807) is 5.32 Å². The van der Waals surface area contributed by atoms with Crippen LogP contribution in [0.5, 0.6) is 0 Å². The maximum Gasteiger partial charge on any atom is 0.405 e. The van der Waals surface area contributed by atoms with Gasteiger partial charge in [-0.1, -0.05) is 6.08 Å². The highest BCUT2D eigenvalue weighted by Crippen LogP contribution is 2.14. The molecule has 0 atom stereocenters. The van der Waals surface area contributed by atoms with Gasteiger partial charge in [-0.25, -0.2) is 0 Å². The summed E-state index contributed by atoms with van der Waals surface area (Å²) in [6, 6.07) is 3.94. The Kier molecular flexibility index (Phi) is 4.69. The van der Waals surface area contributed by atoms with E-state index in [0.717, 1.165) is 0 Å². The number of fused-ring (bicyclic) bond motifs is 1. The minimum atomic E-state index is -4.50. The van der Waals surface area contributed by atoms with Gasteiger partial charge in [0.1, 0.15) is 6.54 Å². The molecule has 2 N–H and O–H groups in total. The largest absolute Gasteiger partial charge is 0.405 e. The molecule has 0 aliphatic carbocycles. The van der Waals surface area contributed by atoms with Gasteiger partial charge in [0.2, 0.25) is 0 Å². The molecule has 0 unspecified atom stereocenters. The summed E-state index contributed by atoms with van der Waals surface area (Å²) in [5, 5.41) is 2.04. The number of amides is 1. The van der Waals surface area contributed by atoms with Gasteiger partial charge in [0.25, 0.3) is 11.5 Å². The molecule has 0 aliphatic rings. The number of halogens is 3. The zero-order valence-corrected chi connectivity index (χ0v) is 12.6. The quantitative estimate of drug-likeness (QED) is 0.662. The van der Waals surface area contributed by atoms with E-state index in [0.29, 0.717) is 0 Å². The Bertz CT molecular complexity index is 883. The number of allylic oxidation sites excluding steroid dienone is 1. The zero-order valence-electron chi connectivity index (χ0n) is 11.7. The molecular weight excluding hydrogens is 331 g/mol. The van der Waals surface area contributed by atoms with Crippen molar-refractivity contribution in [3.63, 3.8) is 0 Å². The standard InChI is InChI=1S/C14H12F3N3O2S/c1-2-5-20-12(22)9-4-3-8(6-10(9)19-13(20)23)11(21)18-7-14(15,16)17/h2-4,6H,1,5,7H2,(H,18,21)(H,19,23). The van der Waals surface area contributed by atoms with Crippen molar-refractivity contribution in [2.24, 2.45) is 0 Å². The lowest BCUT2D eigenvalue weighted by atomic mass is 10.1. The Morgan fingerprint density at radius 2 is 2.13 bits per heavy atom. The molecule has 1 aromatic carbocycles. The molecule has 0 bridgehead atoms. The van der Waals surface area contributed by atoms with Gasteiger partial charge < -0.3 is 10.3 Å². The molecule has 0 fully saturated rings. The Hall–Kier alpha value is -2.42. The Balaban J connectivity index is 2.42. The highest BCUT2D eigenvalue weighted by Gasteiger charge is 2.27. The number of aromatic nitrogens is 2. The fraction of sp³-hybridized carbons (Fsp3) is 0.214. The zero-order chi connectivity index (χ0) is 17.2. The van der Waals surface area contributed by atoms with Gasteiger partial charge in [0.05, 0.1) is 10.9 Å². The van der Waals surface area contributed by atoms with Gasteiger partial charge in [0.15, 0.2) is 4.77 Å². The molecule has 23 heavy (non-hydrogen) atoms. The second-order valence-electron chi connectivity index (χ2n) is 4.69. The van der Waals surface area contributed by atoms with E-state index in [-0.39, 0.29) is 33.3 Å². The third-order valence-electron chi connectivity index (χ3n) is 3.01. The topological polar surface area (TPSA) is 66.9 Å². The van der Waals surface area contributed by atoms with Gasteiger partial charge in [0, 0.05) is 12.1 Å². The Morgan fingerprint density at radius 1 is 1.43 bits per heavy atom. The van der Waals surface area contributed by atoms with Crippen LogP contribution in [0.1, 0.15) is 10.4 Å². The highest BCUT2D eigenvalue weighted by atomic mass is 32.1. The number of benzene rings is 1. The van der Waals surface area contributed by atoms with Crippen molar-refractivity contribution in [1.82, 2.24) is 14.9 Å². The van der Waals surface area contributed by atoms with Crippen molar-refractivity contribution in [2.75, 3.05) is 6.54 Å². The highest BCUT2D eigenvalue weighted by molar-refractivity contribution is 7.71. The van der Waals surface area contributed by atoms with Crippen LogP contribution in [0.2, 0.25) is 0 Å². The molecule has 0 saturated carbocycles. The van der Waals surface area contributed by atoms with Crippen molar-refractivity contribution in [3.8, 4) is 0 Å². The first-order valence-electron chi connectivity index (χ1n) is 6.45. The molecular formula is C14H12F3N3O2S. The summed E-state index contributed by atoms with van der Waals surface area (Å²) in [7, 11) is 0. The molecule has 1 amide bonds. The van der Waals surface area contributed by atoms with Crippen LogP contribution in [0.3, 0.4) is 0 Å². The summed E-state index contributed by atoms with van der Waals surface area (Å²) >= 11 is 5.05. The number of carbonyl (C=O) groups excluding carboxylic acids is 1. The lowest BCUT2D eigenvalue weighted by Crippen LogP contribution is -2.33. The number of H-pyrrole nitrogens is 1. The van der Waals surface area contributed by atoms with Crippen molar-refractivity contribution in [3.05, 3.63) is 51.5 Å². The van der Waals surface area contributed by atoms with Gasteiger partial charge >= 0.3 is 6.18 Å². The molecule has 2 aromatic rings. The number of hydrogen-bond acceptors (Lipinski definition) is 3. The fourth-order valence-corrected chi connectivity index (χ4v) is 2.24. The molecule has 0 radical (unpaired) electrons. The van der Waals surface area contributed by atoms with E-state index in [2.05, 4.69) is 11.6 Å². The summed E-state index contributed by atoms with van der Waals surface area (Å²) in [6.45, 7) is 2.32. The third-order valence-corrected chi connectivity index (χ3v) is 3.33.